The summed E-state index contributed by atoms with van der Waals surface area (Å²) in [5.41, 5.74) is 5.08. The Morgan fingerprint density at radius 2 is 1.07 bits per heavy atom. The van der Waals surface area contributed by atoms with Gasteiger partial charge in [-0.25, -0.2) is 0 Å². The molecule has 3 N–H and O–H groups in total. The molecule has 2 amide bonds. The molecule has 2 aromatic rings. The fourth-order valence-corrected chi connectivity index (χ4v) is 6.63. The second-order valence-electron chi connectivity index (χ2n) is 14.8. The standard InChI is InChI=1S/C34H54N2O7Si2/c1-33(2,3)44(7,8)42-17-15-40-22-31(38)35-24-11-13-26-27-14-12-25(20-29(27)30(21-37)28(26)19-24)36-32(39)23-41-16-18-43-45(9,10)34(4,5)6/h11-14,19-20,30,37H,15-18,21-23H2,1-10H3,(H,35,38)(H,36,39). The van der Waals surface area contributed by atoms with Crippen LogP contribution < -0.4 is 10.6 Å². The molecular formula is C34H54N2O7Si2. The van der Waals surface area contributed by atoms with Gasteiger partial charge in [-0.1, -0.05) is 53.7 Å². The van der Waals surface area contributed by atoms with E-state index in [0.717, 1.165) is 22.3 Å². The molecule has 0 heterocycles. The van der Waals surface area contributed by atoms with Gasteiger partial charge in [0.15, 0.2) is 16.6 Å². The van der Waals surface area contributed by atoms with Gasteiger partial charge < -0.3 is 34.1 Å². The minimum absolute atomic E-state index is 0.0714. The fourth-order valence-electron chi connectivity index (χ4n) is 4.58. The molecule has 3 rings (SSSR count). The third-order valence-electron chi connectivity index (χ3n) is 9.35. The van der Waals surface area contributed by atoms with E-state index in [9.17, 15) is 14.7 Å². The number of carbonyl (C=O) groups is 2. The predicted molar refractivity (Wildman–Crippen MR) is 186 cm³/mol. The van der Waals surface area contributed by atoms with Gasteiger partial charge in [-0.15, -0.1) is 0 Å². The second kappa shape index (κ2) is 15.0. The van der Waals surface area contributed by atoms with Crippen LogP contribution in [0.5, 0.6) is 0 Å². The van der Waals surface area contributed by atoms with Crippen molar-refractivity contribution in [3.05, 3.63) is 47.5 Å². The number of benzene rings is 2. The van der Waals surface area contributed by atoms with Crippen LogP contribution in [-0.2, 0) is 27.9 Å². The normalized spacial score (nSPS) is 13.8. The summed E-state index contributed by atoms with van der Waals surface area (Å²) in [5.74, 6) is -0.787. The largest absolute Gasteiger partial charge is 0.414 e. The first kappa shape index (κ1) is 37.1. The Hall–Kier alpha value is -2.39. The number of aliphatic hydroxyl groups excluding tert-OH is 1. The Morgan fingerprint density at radius 1 is 0.689 bits per heavy atom. The van der Waals surface area contributed by atoms with Gasteiger partial charge >= 0.3 is 0 Å². The van der Waals surface area contributed by atoms with Crippen molar-refractivity contribution in [2.75, 3.05) is 56.9 Å². The maximum Gasteiger partial charge on any atom is 0.250 e. The Kier molecular flexibility index (Phi) is 12.4. The van der Waals surface area contributed by atoms with Crippen LogP contribution in [0.3, 0.4) is 0 Å². The zero-order valence-electron chi connectivity index (χ0n) is 28.9. The third-order valence-corrected chi connectivity index (χ3v) is 18.4. The molecule has 0 fully saturated rings. The number of ether oxygens (including phenoxy) is 2. The number of aliphatic hydroxyl groups is 1. The number of fused-ring (bicyclic) bond motifs is 3. The van der Waals surface area contributed by atoms with E-state index in [1.807, 2.05) is 36.4 Å². The first-order valence-corrected chi connectivity index (χ1v) is 21.6. The van der Waals surface area contributed by atoms with Crippen LogP contribution in [0.4, 0.5) is 11.4 Å². The summed E-state index contributed by atoms with van der Waals surface area (Å²) in [6.45, 7) is 23.2. The Bertz CT molecular complexity index is 1230. The van der Waals surface area contributed by atoms with Crippen molar-refractivity contribution >= 4 is 39.8 Å². The topological polar surface area (TPSA) is 115 Å². The van der Waals surface area contributed by atoms with E-state index in [1.165, 1.54) is 0 Å². The summed E-state index contributed by atoms with van der Waals surface area (Å²) >= 11 is 0. The highest BCUT2D eigenvalue weighted by Gasteiger charge is 2.37. The quantitative estimate of drug-likeness (QED) is 0.143. The molecule has 0 saturated heterocycles. The molecule has 0 saturated carbocycles. The predicted octanol–water partition coefficient (Wildman–Crippen LogP) is 6.75. The maximum atomic E-state index is 12.6. The molecule has 0 bridgehead atoms. The van der Waals surface area contributed by atoms with E-state index < -0.39 is 16.6 Å². The summed E-state index contributed by atoms with van der Waals surface area (Å²) in [6.07, 6.45) is 0. The molecule has 0 radical (unpaired) electrons. The lowest BCUT2D eigenvalue weighted by Crippen LogP contribution is -2.41. The average molecular weight is 659 g/mol. The number of amides is 2. The zero-order valence-corrected chi connectivity index (χ0v) is 30.9. The Labute approximate surface area is 271 Å². The van der Waals surface area contributed by atoms with Crippen LogP contribution in [0, 0.1) is 0 Å². The lowest BCUT2D eigenvalue weighted by molar-refractivity contribution is -0.121. The average Bonchev–Trinajstić information content (AvgIpc) is 3.23. The fraction of sp³-hybridized carbons (Fsp3) is 0.588. The molecule has 0 spiro atoms. The van der Waals surface area contributed by atoms with Crippen LogP contribution in [-0.4, -0.2) is 79.8 Å². The van der Waals surface area contributed by atoms with Crippen LogP contribution >= 0.6 is 0 Å². The van der Waals surface area contributed by atoms with Crippen LogP contribution in [0.2, 0.25) is 36.3 Å². The van der Waals surface area contributed by atoms with Crippen LogP contribution in [0.15, 0.2) is 36.4 Å². The molecule has 0 unspecified atom stereocenters. The number of hydrogen-bond acceptors (Lipinski definition) is 7. The molecule has 1 aliphatic carbocycles. The summed E-state index contributed by atoms with van der Waals surface area (Å²) in [4.78, 5) is 25.1. The van der Waals surface area contributed by atoms with E-state index >= 15 is 0 Å². The Balaban J connectivity index is 1.51. The maximum absolute atomic E-state index is 12.6. The lowest BCUT2D eigenvalue weighted by atomic mass is 9.97. The van der Waals surface area contributed by atoms with E-state index in [0.29, 0.717) is 37.8 Å². The minimum Gasteiger partial charge on any atom is -0.414 e. The molecule has 0 aromatic heterocycles. The highest BCUT2D eigenvalue weighted by Crippen LogP contribution is 2.46. The summed E-state index contributed by atoms with van der Waals surface area (Å²) in [7, 11) is -3.70. The Morgan fingerprint density at radius 3 is 1.40 bits per heavy atom. The van der Waals surface area contributed by atoms with Gasteiger partial charge in [0.05, 0.1) is 33.0 Å². The molecule has 45 heavy (non-hydrogen) atoms. The van der Waals surface area contributed by atoms with Crippen molar-refractivity contribution in [3.8, 4) is 11.1 Å². The lowest BCUT2D eigenvalue weighted by Gasteiger charge is -2.36. The molecule has 11 heteroatoms. The number of nitrogens with one attached hydrogen (secondary N) is 2. The highest BCUT2D eigenvalue weighted by molar-refractivity contribution is 6.74. The van der Waals surface area contributed by atoms with E-state index in [2.05, 4.69) is 78.4 Å². The summed E-state index contributed by atoms with van der Waals surface area (Å²) < 4.78 is 23.3. The van der Waals surface area contributed by atoms with Gasteiger partial charge in [-0.2, -0.15) is 0 Å². The van der Waals surface area contributed by atoms with Crippen LogP contribution in [0.25, 0.3) is 11.1 Å². The first-order valence-electron chi connectivity index (χ1n) is 15.8. The molecule has 0 atom stereocenters. The van der Waals surface area contributed by atoms with Crippen molar-refractivity contribution in [2.45, 2.75) is 83.7 Å². The number of carbonyl (C=O) groups excluding carboxylic acids is 2. The van der Waals surface area contributed by atoms with Gasteiger partial charge in [-0.3, -0.25) is 9.59 Å². The van der Waals surface area contributed by atoms with E-state index in [4.69, 9.17) is 18.3 Å². The SMILES string of the molecule is CC(C)(C)[Si](C)(C)OCCOCC(=O)Nc1ccc2c(c1)C(CO)c1cc(NC(=O)COCCO[Si](C)(C)C(C)(C)C)ccc1-2. The zero-order chi connectivity index (χ0) is 33.6. The molecule has 2 aromatic carbocycles. The van der Waals surface area contributed by atoms with Crippen molar-refractivity contribution in [1.29, 1.82) is 0 Å². The summed E-state index contributed by atoms with van der Waals surface area (Å²) in [6, 6.07) is 11.4. The van der Waals surface area contributed by atoms with Gasteiger partial charge in [0, 0.05) is 17.3 Å². The van der Waals surface area contributed by atoms with Gasteiger partial charge in [0.25, 0.3) is 0 Å². The monoisotopic (exact) mass is 658 g/mol. The molecule has 9 nitrogen and oxygen atoms in total. The highest BCUT2D eigenvalue weighted by atomic mass is 28.4. The minimum atomic E-state index is -1.85. The number of rotatable bonds is 15. The third kappa shape index (κ3) is 9.80. The van der Waals surface area contributed by atoms with Crippen molar-refractivity contribution in [3.63, 3.8) is 0 Å². The smallest absolute Gasteiger partial charge is 0.250 e. The van der Waals surface area contributed by atoms with E-state index in [1.54, 1.807) is 0 Å². The van der Waals surface area contributed by atoms with Gasteiger partial charge in [0.2, 0.25) is 11.8 Å². The first-order chi connectivity index (χ1) is 20.9. The number of hydrogen-bond donors (Lipinski definition) is 3. The molecular weight excluding hydrogens is 605 g/mol. The molecule has 1 aliphatic rings. The van der Waals surface area contributed by atoms with Gasteiger partial charge in [-0.05, 0) is 82.8 Å². The van der Waals surface area contributed by atoms with Crippen molar-refractivity contribution in [1.82, 2.24) is 0 Å². The van der Waals surface area contributed by atoms with Crippen molar-refractivity contribution < 1.29 is 33.0 Å². The van der Waals surface area contributed by atoms with Crippen molar-refractivity contribution in [2.24, 2.45) is 0 Å². The van der Waals surface area contributed by atoms with Crippen LogP contribution in [0.1, 0.15) is 58.6 Å². The molecule has 0 aliphatic heterocycles. The van der Waals surface area contributed by atoms with E-state index in [-0.39, 0.29) is 47.6 Å². The molecule has 250 valence electrons. The second-order valence-corrected chi connectivity index (χ2v) is 24.4. The van der Waals surface area contributed by atoms with Gasteiger partial charge in [0.1, 0.15) is 13.2 Å². The summed E-state index contributed by atoms with van der Waals surface area (Å²) in [5, 5.41) is 16.4. The number of anilines is 2.